The molecule has 1 aromatic heterocycles. The molecule has 67 heavy (non-hydrogen) atoms. The number of nitrogens with two attached hydrogens (primary N) is 4. The molecule has 7 rings (SSSR count). The van der Waals surface area contributed by atoms with Gasteiger partial charge in [0.2, 0.25) is 0 Å². The van der Waals surface area contributed by atoms with E-state index in [-0.39, 0.29) is 6.04 Å². The first-order valence-corrected chi connectivity index (χ1v) is 21.7. The summed E-state index contributed by atoms with van der Waals surface area (Å²) in [6.45, 7) is 2.79. The molecule has 1 fully saturated rings. The van der Waals surface area contributed by atoms with Crippen LogP contribution in [0.5, 0.6) is 0 Å². The molecule has 0 bridgehead atoms. The lowest BCUT2D eigenvalue weighted by Crippen LogP contribution is -2.39. The van der Waals surface area contributed by atoms with Crippen LogP contribution in [0.4, 0.5) is 22.7 Å². The number of aliphatic hydroxyl groups excluding tert-OH is 1. The van der Waals surface area contributed by atoms with Crippen LogP contribution < -0.4 is 38.9 Å². The highest BCUT2D eigenvalue weighted by molar-refractivity contribution is 5.84. The smallest absolute Gasteiger partial charge is 0.323 e. The Hall–Kier alpha value is -7.12. The number of aromatic amines is 1. The summed E-state index contributed by atoms with van der Waals surface area (Å²) in [5, 5.41) is 52.4. The van der Waals surface area contributed by atoms with E-state index in [4.69, 9.17) is 48.5 Å². The van der Waals surface area contributed by atoms with Gasteiger partial charge in [0.25, 0.3) is 0 Å². The van der Waals surface area contributed by atoms with Crippen LogP contribution in [0.25, 0.3) is 10.9 Å². The summed E-state index contributed by atoms with van der Waals surface area (Å²) in [4.78, 5) is 43.8. The van der Waals surface area contributed by atoms with E-state index in [1.165, 1.54) is 6.92 Å². The highest BCUT2D eigenvalue weighted by Gasteiger charge is 2.20. The van der Waals surface area contributed by atoms with E-state index in [0.29, 0.717) is 19.4 Å². The maximum Gasteiger partial charge on any atom is 0.323 e. The van der Waals surface area contributed by atoms with Gasteiger partial charge >= 0.3 is 23.9 Å². The standard InChI is InChI=1S/2C12H11N.C11H12N2O2.C6H14N2O2.C5H9NO2.C4H9NO3/c2*1-3-7-11(8-4-1)13-12-9-5-2-6-10-12;12-9(11(14)15)5-7-6-13-10-4-2-1-3-8(7)10;7-4-2-1-3-5(8)6(9)10;7-5(8)4-2-1-3-6-4;1-2(6)3(5)4(7)8/h2*1-10,13H;1-4,6,9,13H,5,12H2,(H,14,15);5H,1-4,7-8H2,(H,9,10);4,6H,1-3H2,(H,7,8);2-3,6H,5H2,1H3,(H,7,8)/t;;9-;5-;4-;2-,3+/m..0001/s1. The van der Waals surface area contributed by atoms with Crippen molar-refractivity contribution in [2.45, 2.75) is 75.7 Å². The van der Waals surface area contributed by atoms with Crippen LogP contribution in [-0.4, -0.2) is 97.8 Å². The fourth-order valence-electron chi connectivity index (χ4n) is 5.78. The van der Waals surface area contributed by atoms with Crippen molar-refractivity contribution in [1.82, 2.24) is 10.3 Å². The van der Waals surface area contributed by atoms with Gasteiger partial charge in [0.05, 0.1) is 6.10 Å². The Morgan fingerprint density at radius 2 is 1.06 bits per heavy atom. The summed E-state index contributed by atoms with van der Waals surface area (Å²) in [6.07, 6.45) is 5.13. The van der Waals surface area contributed by atoms with Gasteiger partial charge in [-0.3, -0.25) is 19.2 Å². The van der Waals surface area contributed by atoms with Crippen LogP contribution in [0.15, 0.2) is 152 Å². The summed E-state index contributed by atoms with van der Waals surface area (Å²) < 4.78 is 0. The minimum absolute atomic E-state index is 0.269. The lowest BCUT2D eigenvalue weighted by atomic mass is 10.1. The van der Waals surface area contributed by atoms with E-state index < -0.39 is 48.1 Å². The molecule has 1 aliphatic heterocycles. The molecule has 0 amide bonds. The lowest BCUT2D eigenvalue weighted by molar-refractivity contribution is -0.141. The predicted molar refractivity (Wildman–Crippen MR) is 264 cm³/mol. The van der Waals surface area contributed by atoms with Crippen molar-refractivity contribution in [3.63, 3.8) is 0 Å². The number of fused-ring (bicyclic) bond motifs is 1. The fraction of sp³-hybridized carbons (Fsp3) is 0.280. The molecule has 17 N–H and O–H groups in total. The number of rotatable bonds is 15. The van der Waals surface area contributed by atoms with Gasteiger partial charge in [-0.1, -0.05) is 97.4 Å². The number of carboxylic acid groups (broad SMARTS) is 4. The lowest BCUT2D eigenvalue weighted by Gasteiger charge is -2.06. The third-order valence-corrected chi connectivity index (χ3v) is 9.55. The summed E-state index contributed by atoms with van der Waals surface area (Å²) in [7, 11) is 0. The molecule has 0 unspecified atom stereocenters. The Labute approximate surface area is 391 Å². The van der Waals surface area contributed by atoms with Crippen molar-refractivity contribution in [3.05, 3.63) is 157 Å². The molecule has 1 saturated heterocycles. The average molecular weight is 923 g/mol. The van der Waals surface area contributed by atoms with E-state index >= 15 is 0 Å². The van der Waals surface area contributed by atoms with E-state index in [9.17, 15) is 19.2 Å². The van der Waals surface area contributed by atoms with Gasteiger partial charge in [-0.15, -0.1) is 0 Å². The Kier molecular flexibility index (Phi) is 27.2. The minimum atomic E-state index is -1.18. The second kappa shape index (κ2) is 32.5. The van der Waals surface area contributed by atoms with Crippen LogP contribution in [0.1, 0.15) is 44.6 Å². The number of hydrogen-bond acceptors (Lipinski definition) is 12. The van der Waals surface area contributed by atoms with Gasteiger partial charge in [-0.05, 0) is 106 Å². The minimum Gasteiger partial charge on any atom is -0.480 e. The van der Waals surface area contributed by atoms with Crippen LogP contribution >= 0.6 is 0 Å². The fourth-order valence-corrected chi connectivity index (χ4v) is 5.78. The summed E-state index contributed by atoms with van der Waals surface area (Å²) in [5.74, 6) is -3.81. The van der Waals surface area contributed by atoms with Crippen molar-refractivity contribution in [2.24, 2.45) is 22.9 Å². The highest BCUT2D eigenvalue weighted by atomic mass is 16.4. The molecule has 0 spiro atoms. The number of aliphatic carboxylic acids is 4. The number of para-hydroxylation sites is 5. The third-order valence-electron chi connectivity index (χ3n) is 9.55. The molecule has 17 heteroatoms. The van der Waals surface area contributed by atoms with Gasteiger partial charge in [0.1, 0.15) is 24.2 Å². The Bertz CT molecular complexity index is 2100. The van der Waals surface area contributed by atoms with Gasteiger partial charge < -0.3 is 69.4 Å². The van der Waals surface area contributed by atoms with E-state index in [1.807, 2.05) is 152 Å². The molecule has 1 aliphatic rings. The zero-order valence-corrected chi connectivity index (χ0v) is 37.7. The quantitative estimate of drug-likeness (QED) is 0.0517. The maximum atomic E-state index is 10.6. The van der Waals surface area contributed by atoms with E-state index in [2.05, 4.69) is 20.9 Å². The first-order valence-electron chi connectivity index (χ1n) is 21.7. The number of carboxylic acids is 4. The molecule has 6 aromatic rings. The molecule has 17 nitrogen and oxygen atoms in total. The van der Waals surface area contributed by atoms with Crippen molar-refractivity contribution in [3.8, 4) is 0 Å². The average Bonchev–Trinajstić information content (AvgIpc) is 4.03. The Balaban J connectivity index is 0.000000281. The number of unbranched alkanes of at least 4 members (excludes halogenated alkanes) is 1. The largest absolute Gasteiger partial charge is 0.480 e. The predicted octanol–water partition coefficient (Wildman–Crippen LogP) is 6.11. The van der Waals surface area contributed by atoms with Crippen LogP contribution in [-0.2, 0) is 25.6 Å². The van der Waals surface area contributed by atoms with Crippen LogP contribution in [0, 0.1) is 0 Å². The zero-order chi connectivity index (χ0) is 49.4. The molecule has 0 saturated carbocycles. The first-order chi connectivity index (χ1) is 32.1. The van der Waals surface area contributed by atoms with Gasteiger partial charge in [0, 0.05) is 46.3 Å². The van der Waals surface area contributed by atoms with Crippen molar-refractivity contribution < 1.29 is 44.7 Å². The zero-order valence-electron chi connectivity index (χ0n) is 37.7. The highest BCUT2D eigenvalue weighted by Crippen LogP contribution is 2.19. The first kappa shape index (κ1) is 56.0. The normalized spacial score (nSPS) is 14.0. The van der Waals surface area contributed by atoms with Gasteiger partial charge in [0.15, 0.2) is 0 Å². The summed E-state index contributed by atoms with van der Waals surface area (Å²) >= 11 is 0. The van der Waals surface area contributed by atoms with Crippen molar-refractivity contribution in [1.29, 1.82) is 0 Å². The summed E-state index contributed by atoms with van der Waals surface area (Å²) in [5.41, 5.74) is 27.2. The molecule has 2 heterocycles. The molecular formula is C50H66N8O9. The number of nitrogens with one attached hydrogen (secondary N) is 4. The molecule has 0 radical (unpaired) electrons. The Morgan fingerprint density at radius 3 is 1.39 bits per heavy atom. The molecule has 0 aliphatic carbocycles. The Morgan fingerprint density at radius 1 is 0.627 bits per heavy atom. The summed E-state index contributed by atoms with van der Waals surface area (Å²) in [6, 6.07) is 45.4. The van der Waals surface area contributed by atoms with Crippen LogP contribution in [0.2, 0.25) is 0 Å². The second-order valence-electron chi connectivity index (χ2n) is 15.0. The molecule has 5 atom stereocenters. The van der Waals surface area contributed by atoms with Crippen molar-refractivity contribution in [2.75, 3.05) is 23.7 Å². The van der Waals surface area contributed by atoms with Gasteiger partial charge in [-0.2, -0.15) is 0 Å². The second-order valence-corrected chi connectivity index (χ2v) is 15.0. The monoisotopic (exact) mass is 922 g/mol. The molecular weight excluding hydrogens is 857 g/mol. The SMILES string of the molecule is C[C@@H](O)[C@H](N)C(=O)O.NCCCC[C@H](N)C(=O)O.N[C@@H](Cc1c[nH]c2ccccc12)C(=O)O.O=C(O)[C@@H]1CCCN1.c1ccc(Nc2ccccc2)cc1.c1ccc(Nc2ccccc2)cc1. The third kappa shape index (κ3) is 24.1. The number of aromatic nitrogens is 1. The number of hydrogen-bond donors (Lipinski definition) is 13. The number of H-pyrrole nitrogens is 1. The number of carbonyl (C=O) groups is 4. The van der Waals surface area contributed by atoms with Crippen molar-refractivity contribution >= 4 is 57.5 Å². The molecule has 5 aromatic carbocycles. The van der Waals surface area contributed by atoms with E-state index in [0.717, 1.165) is 71.4 Å². The van der Waals surface area contributed by atoms with Gasteiger partial charge in [-0.25, -0.2) is 0 Å². The molecule has 360 valence electrons. The topological polar surface area (TPSA) is 325 Å². The van der Waals surface area contributed by atoms with Crippen LogP contribution in [0.3, 0.4) is 0 Å². The van der Waals surface area contributed by atoms with E-state index in [1.54, 1.807) is 0 Å². The maximum absolute atomic E-state index is 10.6. The number of anilines is 4. The number of benzene rings is 5. The number of aliphatic hydroxyl groups is 1.